The Balaban J connectivity index is 1.40. The number of benzene rings is 1. The summed E-state index contributed by atoms with van der Waals surface area (Å²) < 4.78 is 0. The van der Waals surface area contributed by atoms with E-state index in [1.165, 1.54) is 38.5 Å². The quantitative estimate of drug-likeness (QED) is 0.919. The molecule has 4 aliphatic carbocycles. The van der Waals surface area contributed by atoms with E-state index in [9.17, 15) is 4.79 Å². The molecule has 0 aliphatic heterocycles. The Kier molecular flexibility index (Phi) is 3.62. The molecule has 0 aromatic heterocycles. The molecule has 23 heavy (non-hydrogen) atoms. The lowest BCUT2D eigenvalue weighted by Crippen LogP contribution is -2.51. The summed E-state index contributed by atoms with van der Waals surface area (Å²) in [4.78, 5) is 14.5. The van der Waals surface area contributed by atoms with Gasteiger partial charge in [-0.25, -0.2) is 0 Å². The molecule has 3 nitrogen and oxygen atoms in total. The smallest absolute Gasteiger partial charge is 0.251 e. The second-order valence-corrected chi connectivity index (χ2v) is 8.54. The number of rotatable bonds is 4. The van der Waals surface area contributed by atoms with E-state index in [4.69, 9.17) is 0 Å². The van der Waals surface area contributed by atoms with Crippen LogP contribution in [0.25, 0.3) is 0 Å². The monoisotopic (exact) mass is 312 g/mol. The maximum absolute atomic E-state index is 12.5. The van der Waals surface area contributed by atoms with Crippen LogP contribution in [0, 0.1) is 23.2 Å². The highest BCUT2D eigenvalue weighted by molar-refractivity contribution is 5.94. The predicted molar refractivity (Wildman–Crippen MR) is 93.7 cm³/mol. The van der Waals surface area contributed by atoms with Crippen LogP contribution in [-0.2, 0) is 0 Å². The normalized spacial score (nSPS) is 34.4. The number of hydrogen-bond donors (Lipinski definition) is 1. The van der Waals surface area contributed by atoms with Crippen molar-refractivity contribution in [2.24, 2.45) is 23.2 Å². The summed E-state index contributed by atoms with van der Waals surface area (Å²) >= 11 is 0. The highest BCUT2D eigenvalue weighted by Crippen LogP contribution is 2.59. The van der Waals surface area contributed by atoms with Gasteiger partial charge in [0.25, 0.3) is 5.91 Å². The van der Waals surface area contributed by atoms with Crippen LogP contribution in [0.5, 0.6) is 0 Å². The fraction of sp³-hybridized carbons (Fsp3) is 0.650. The molecule has 5 rings (SSSR count). The molecule has 0 radical (unpaired) electrons. The zero-order valence-electron chi connectivity index (χ0n) is 14.3. The van der Waals surface area contributed by atoms with Crippen LogP contribution in [-0.4, -0.2) is 26.5 Å². The van der Waals surface area contributed by atoms with Crippen molar-refractivity contribution in [1.29, 1.82) is 0 Å². The Morgan fingerprint density at radius 3 is 2.04 bits per heavy atom. The van der Waals surface area contributed by atoms with Crippen molar-refractivity contribution in [1.82, 2.24) is 5.32 Å². The van der Waals surface area contributed by atoms with Gasteiger partial charge in [0.15, 0.2) is 0 Å². The highest BCUT2D eigenvalue weighted by atomic mass is 16.1. The Bertz CT molecular complexity index is 555. The summed E-state index contributed by atoms with van der Waals surface area (Å²) in [7, 11) is 4.03. The lowest BCUT2D eigenvalue weighted by molar-refractivity contribution is -0.0503. The van der Waals surface area contributed by atoms with E-state index in [1.54, 1.807) is 0 Å². The second kappa shape index (κ2) is 5.54. The van der Waals surface area contributed by atoms with Crippen LogP contribution < -0.4 is 10.2 Å². The number of hydrogen-bond acceptors (Lipinski definition) is 2. The Labute approximate surface area is 139 Å². The summed E-state index contributed by atoms with van der Waals surface area (Å²) in [6.07, 6.45) is 8.41. The van der Waals surface area contributed by atoms with E-state index in [0.717, 1.165) is 35.5 Å². The number of carbonyl (C=O) groups is 1. The predicted octanol–water partition coefficient (Wildman–Crippen LogP) is 3.70. The first-order chi connectivity index (χ1) is 11.0. The fourth-order valence-electron chi connectivity index (χ4n) is 5.79. The van der Waals surface area contributed by atoms with Gasteiger partial charge in [-0.2, -0.15) is 0 Å². The molecule has 0 heterocycles. The standard InChI is InChI=1S/C20H28N2O/c1-22(2)18-5-3-17(4-6-18)19(23)21-13-20-10-14-7-15(11-20)9-16(8-14)12-20/h3-6,14-16H,7-13H2,1-2H3,(H,21,23). The summed E-state index contributed by atoms with van der Waals surface area (Å²) in [5.74, 6) is 2.92. The number of nitrogens with one attached hydrogen (secondary N) is 1. The molecule has 0 unspecified atom stereocenters. The van der Waals surface area contributed by atoms with Gasteiger partial charge >= 0.3 is 0 Å². The first-order valence-corrected chi connectivity index (χ1v) is 9.09. The van der Waals surface area contributed by atoms with Crippen molar-refractivity contribution in [3.8, 4) is 0 Å². The first-order valence-electron chi connectivity index (χ1n) is 9.09. The van der Waals surface area contributed by atoms with E-state index in [-0.39, 0.29) is 5.91 Å². The van der Waals surface area contributed by atoms with Gasteiger partial charge in [0.05, 0.1) is 0 Å². The van der Waals surface area contributed by atoms with Crippen molar-refractivity contribution >= 4 is 11.6 Å². The third-order valence-electron chi connectivity index (χ3n) is 6.43. The van der Waals surface area contributed by atoms with Crippen molar-refractivity contribution in [3.63, 3.8) is 0 Å². The molecular formula is C20H28N2O. The average Bonchev–Trinajstić information content (AvgIpc) is 2.51. The van der Waals surface area contributed by atoms with Crippen molar-refractivity contribution in [2.75, 3.05) is 25.5 Å². The molecule has 4 saturated carbocycles. The second-order valence-electron chi connectivity index (χ2n) is 8.54. The van der Waals surface area contributed by atoms with Gasteiger partial charge < -0.3 is 10.2 Å². The SMILES string of the molecule is CN(C)c1ccc(C(=O)NCC23CC4CC(CC(C4)C2)C3)cc1. The maximum Gasteiger partial charge on any atom is 0.251 e. The van der Waals surface area contributed by atoms with E-state index in [2.05, 4.69) is 10.2 Å². The van der Waals surface area contributed by atoms with Gasteiger partial charge in [0, 0.05) is 31.9 Å². The molecule has 1 aromatic rings. The molecule has 0 spiro atoms. The molecule has 4 fully saturated rings. The van der Waals surface area contributed by atoms with Crippen LogP contribution in [0.1, 0.15) is 48.9 Å². The van der Waals surface area contributed by atoms with Crippen molar-refractivity contribution in [3.05, 3.63) is 29.8 Å². The number of carbonyl (C=O) groups excluding carboxylic acids is 1. The lowest BCUT2D eigenvalue weighted by Gasteiger charge is -2.56. The minimum atomic E-state index is 0.0889. The molecule has 1 N–H and O–H groups in total. The van der Waals surface area contributed by atoms with Gasteiger partial charge in [0.2, 0.25) is 0 Å². The number of amides is 1. The van der Waals surface area contributed by atoms with E-state index in [0.29, 0.717) is 5.41 Å². The molecule has 0 atom stereocenters. The third-order valence-corrected chi connectivity index (χ3v) is 6.43. The molecule has 0 saturated heterocycles. The summed E-state index contributed by atoms with van der Waals surface area (Å²) in [5.41, 5.74) is 2.32. The molecule has 1 amide bonds. The fourth-order valence-corrected chi connectivity index (χ4v) is 5.79. The molecule has 4 bridgehead atoms. The average molecular weight is 312 g/mol. The van der Waals surface area contributed by atoms with Gasteiger partial charge in [-0.3, -0.25) is 4.79 Å². The molecule has 4 aliphatic rings. The van der Waals surface area contributed by atoms with Crippen molar-refractivity contribution in [2.45, 2.75) is 38.5 Å². The zero-order chi connectivity index (χ0) is 16.0. The molecule has 124 valence electrons. The molecular weight excluding hydrogens is 284 g/mol. The van der Waals surface area contributed by atoms with E-state index < -0.39 is 0 Å². The van der Waals surface area contributed by atoms with Crippen molar-refractivity contribution < 1.29 is 4.79 Å². The van der Waals surface area contributed by atoms with Crippen LogP contribution in [0.4, 0.5) is 5.69 Å². The summed E-state index contributed by atoms with van der Waals surface area (Å²) in [5, 5.41) is 3.25. The Morgan fingerprint density at radius 2 is 1.57 bits per heavy atom. The van der Waals surface area contributed by atoms with Gasteiger partial charge in [-0.05, 0) is 86.0 Å². The van der Waals surface area contributed by atoms with Gasteiger partial charge in [0.1, 0.15) is 0 Å². The van der Waals surface area contributed by atoms with E-state index >= 15 is 0 Å². The Hall–Kier alpha value is -1.51. The molecule has 3 heteroatoms. The minimum Gasteiger partial charge on any atom is -0.378 e. The molecule has 1 aromatic carbocycles. The summed E-state index contributed by atoms with van der Waals surface area (Å²) in [6.45, 7) is 0.880. The van der Waals surface area contributed by atoms with E-state index in [1.807, 2.05) is 38.4 Å². The lowest BCUT2D eigenvalue weighted by atomic mass is 9.49. The minimum absolute atomic E-state index is 0.0889. The van der Waals surface area contributed by atoms with Gasteiger partial charge in [-0.1, -0.05) is 0 Å². The maximum atomic E-state index is 12.5. The largest absolute Gasteiger partial charge is 0.378 e. The van der Waals surface area contributed by atoms with Crippen LogP contribution in [0.3, 0.4) is 0 Å². The first kappa shape index (κ1) is 15.0. The number of nitrogens with zero attached hydrogens (tertiary/aromatic N) is 1. The topological polar surface area (TPSA) is 32.3 Å². The highest BCUT2D eigenvalue weighted by Gasteiger charge is 2.50. The van der Waals surface area contributed by atoms with Crippen LogP contribution in [0.2, 0.25) is 0 Å². The van der Waals surface area contributed by atoms with Gasteiger partial charge in [-0.15, -0.1) is 0 Å². The third kappa shape index (κ3) is 2.86. The van der Waals surface area contributed by atoms with Crippen LogP contribution in [0.15, 0.2) is 24.3 Å². The van der Waals surface area contributed by atoms with Crippen LogP contribution >= 0.6 is 0 Å². The summed E-state index contributed by atoms with van der Waals surface area (Å²) in [6, 6.07) is 7.90. The number of anilines is 1. The Morgan fingerprint density at radius 1 is 1.04 bits per heavy atom. The zero-order valence-corrected chi connectivity index (χ0v) is 14.3.